The highest BCUT2D eigenvalue weighted by atomic mass is 35.5. The van der Waals surface area contributed by atoms with Gasteiger partial charge in [-0.25, -0.2) is 9.82 Å². The summed E-state index contributed by atoms with van der Waals surface area (Å²) >= 11 is 5.89. The maximum Gasteiger partial charge on any atom is 0.259 e. The van der Waals surface area contributed by atoms with Crippen LogP contribution in [0.15, 0.2) is 71.8 Å². The number of nitrogens with zero attached hydrogens (tertiary/aromatic N) is 1. The van der Waals surface area contributed by atoms with Crippen LogP contribution in [0, 0.1) is 5.82 Å². The Morgan fingerprint density at radius 1 is 1.03 bits per heavy atom. The van der Waals surface area contributed by atoms with Crippen molar-refractivity contribution in [2.75, 3.05) is 13.7 Å². The van der Waals surface area contributed by atoms with Crippen LogP contribution in [-0.2, 0) is 11.4 Å². The van der Waals surface area contributed by atoms with Gasteiger partial charge in [-0.15, -0.1) is 0 Å². The van der Waals surface area contributed by atoms with Crippen molar-refractivity contribution in [1.29, 1.82) is 0 Å². The normalized spacial score (nSPS) is 10.6. The van der Waals surface area contributed by atoms with Crippen LogP contribution in [0.4, 0.5) is 4.39 Å². The van der Waals surface area contributed by atoms with Gasteiger partial charge in [-0.05, 0) is 65.7 Å². The van der Waals surface area contributed by atoms with E-state index in [1.54, 1.807) is 30.3 Å². The van der Waals surface area contributed by atoms with Gasteiger partial charge in [0, 0.05) is 10.6 Å². The van der Waals surface area contributed by atoms with Crippen molar-refractivity contribution in [2.24, 2.45) is 5.10 Å². The van der Waals surface area contributed by atoms with E-state index in [0.717, 1.165) is 5.56 Å². The van der Waals surface area contributed by atoms with Crippen LogP contribution >= 0.6 is 11.6 Å². The molecule has 0 atom stereocenters. The molecule has 3 rings (SSSR count). The topological polar surface area (TPSA) is 89.0 Å². The molecule has 0 fully saturated rings. The van der Waals surface area contributed by atoms with Crippen molar-refractivity contribution in [2.45, 2.75) is 6.61 Å². The molecule has 0 saturated carbocycles. The van der Waals surface area contributed by atoms with Crippen molar-refractivity contribution in [3.63, 3.8) is 0 Å². The summed E-state index contributed by atoms with van der Waals surface area (Å²) in [6, 6.07) is 17.5. The van der Waals surface area contributed by atoms with Gasteiger partial charge in [-0.3, -0.25) is 9.59 Å². The molecule has 33 heavy (non-hydrogen) atoms. The minimum Gasteiger partial charge on any atom is -0.493 e. The van der Waals surface area contributed by atoms with Crippen molar-refractivity contribution >= 4 is 29.6 Å². The Kier molecular flexibility index (Phi) is 8.37. The largest absolute Gasteiger partial charge is 0.493 e. The monoisotopic (exact) mass is 469 g/mol. The maximum atomic E-state index is 12.9. The van der Waals surface area contributed by atoms with Gasteiger partial charge in [0.15, 0.2) is 11.5 Å². The number of hydrogen-bond donors (Lipinski definition) is 2. The van der Waals surface area contributed by atoms with Crippen molar-refractivity contribution in [3.05, 3.63) is 94.3 Å². The molecule has 7 nitrogen and oxygen atoms in total. The molecule has 0 spiro atoms. The van der Waals surface area contributed by atoms with Gasteiger partial charge in [0.1, 0.15) is 12.4 Å². The summed E-state index contributed by atoms with van der Waals surface area (Å²) in [7, 11) is 1.52. The number of methoxy groups -OCH3 is 1. The third kappa shape index (κ3) is 7.33. The first-order chi connectivity index (χ1) is 15.9. The van der Waals surface area contributed by atoms with Crippen LogP contribution in [0.25, 0.3) is 0 Å². The zero-order valence-electron chi connectivity index (χ0n) is 17.7. The summed E-state index contributed by atoms with van der Waals surface area (Å²) in [5.41, 5.74) is 4.20. The standard InChI is InChI=1S/C24H21ClFN3O4/c1-32-22-12-17(4-11-21(22)33-15-16-2-7-19(25)8-3-16)13-28-29-23(30)14-27-24(31)18-5-9-20(26)10-6-18/h2-13H,14-15H2,1H3,(H,27,31)(H,29,30)/b28-13+. The average Bonchev–Trinajstić information content (AvgIpc) is 2.83. The number of halogens is 2. The quantitative estimate of drug-likeness (QED) is 0.367. The Morgan fingerprint density at radius 3 is 2.45 bits per heavy atom. The lowest BCUT2D eigenvalue weighted by Gasteiger charge is -2.11. The van der Waals surface area contributed by atoms with E-state index in [2.05, 4.69) is 15.8 Å². The second kappa shape index (κ2) is 11.6. The molecule has 0 radical (unpaired) electrons. The molecule has 9 heteroatoms. The molecule has 170 valence electrons. The van der Waals surface area contributed by atoms with E-state index in [9.17, 15) is 14.0 Å². The molecule has 3 aromatic rings. The third-order valence-corrected chi connectivity index (χ3v) is 4.67. The molecular formula is C24H21ClFN3O4. The first kappa shape index (κ1) is 23.7. The van der Waals surface area contributed by atoms with Crippen LogP contribution in [-0.4, -0.2) is 31.7 Å². The number of carbonyl (C=O) groups is 2. The van der Waals surface area contributed by atoms with E-state index in [1.165, 1.54) is 37.6 Å². The summed E-state index contributed by atoms with van der Waals surface area (Å²) in [5, 5.41) is 6.96. The Morgan fingerprint density at radius 2 is 1.76 bits per heavy atom. The number of rotatable bonds is 9. The predicted molar refractivity (Wildman–Crippen MR) is 123 cm³/mol. The van der Waals surface area contributed by atoms with E-state index in [0.29, 0.717) is 28.7 Å². The molecule has 0 heterocycles. The fraction of sp³-hybridized carbons (Fsp3) is 0.125. The molecule has 0 aliphatic rings. The van der Waals surface area contributed by atoms with E-state index in [1.807, 2.05) is 12.1 Å². The number of amides is 2. The maximum absolute atomic E-state index is 12.9. The van der Waals surface area contributed by atoms with Gasteiger partial charge in [-0.1, -0.05) is 23.7 Å². The third-order valence-electron chi connectivity index (χ3n) is 4.41. The lowest BCUT2D eigenvalue weighted by atomic mass is 10.2. The summed E-state index contributed by atoms with van der Waals surface area (Å²) in [5.74, 6) is -0.399. The molecule has 2 amide bonds. The molecule has 0 saturated heterocycles. The average molecular weight is 470 g/mol. The number of benzene rings is 3. The molecule has 0 aliphatic heterocycles. The molecule has 3 aromatic carbocycles. The minimum absolute atomic E-state index is 0.248. The van der Waals surface area contributed by atoms with Gasteiger partial charge in [0.2, 0.25) is 0 Å². The van der Waals surface area contributed by atoms with Crippen molar-refractivity contribution in [3.8, 4) is 11.5 Å². The van der Waals surface area contributed by atoms with Crippen LogP contribution in [0.3, 0.4) is 0 Å². The second-order valence-corrected chi connectivity index (χ2v) is 7.24. The Hall–Kier alpha value is -3.91. The Labute approximate surface area is 195 Å². The van der Waals surface area contributed by atoms with Gasteiger partial charge >= 0.3 is 0 Å². The number of hydrogen-bond acceptors (Lipinski definition) is 5. The van der Waals surface area contributed by atoms with E-state index in [-0.39, 0.29) is 12.1 Å². The number of ether oxygens (including phenoxy) is 2. The summed E-state index contributed by atoms with van der Waals surface area (Å²) in [4.78, 5) is 23.8. The fourth-order valence-electron chi connectivity index (χ4n) is 2.71. The van der Waals surface area contributed by atoms with Crippen LogP contribution in [0.1, 0.15) is 21.5 Å². The van der Waals surface area contributed by atoms with E-state index in [4.69, 9.17) is 21.1 Å². The van der Waals surface area contributed by atoms with Gasteiger partial charge < -0.3 is 14.8 Å². The smallest absolute Gasteiger partial charge is 0.259 e. The molecule has 2 N–H and O–H groups in total. The second-order valence-electron chi connectivity index (χ2n) is 6.81. The number of carbonyl (C=O) groups excluding carboxylic acids is 2. The molecule has 0 bridgehead atoms. The lowest BCUT2D eigenvalue weighted by molar-refractivity contribution is -0.120. The molecule has 0 unspecified atom stereocenters. The number of hydrazone groups is 1. The van der Waals surface area contributed by atoms with Gasteiger partial charge in [0.25, 0.3) is 11.8 Å². The highest BCUT2D eigenvalue weighted by molar-refractivity contribution is 6.30. The van der Waals surface area contributed by atoms with E-state index < -0.39 is 17.6 Å². The summed E-state index contributed by atoms with van der Waals surface area (Å²) < 4.78 is 24.1. The summed E-state index contributed by atoms with van der Waals surface area (Å²) in [6.07, 6.45) is 1.44. The van der Waals surface area contributed by atoms with Crippen LogP contribution in [0.2, 0.25) is 5.02 Å². The molecular weight excluding hydrogens is 449 g/mol. The van der Waals surface area contributed by atoms with Crippen LogP contribution in [0.5, 0.6) is 11.5 Å². The molecule has 0 aliphatic carbocycles. The SMILES string of the molecule is COc1cc(/C=N/NC(=O)CNC(=O)c2ccc(F)cc2)ccc1OCc1ccc(Cl)cc1. The predicted octanol–water partition coefficient (Wildman–Crippen LogP) is 3.95. The molecule has 0 aromatic heterocycles. The zero-order chi connectivity index (χ0) is 23.6. The van der Waals surface area contributed by atoms with Gasteiger partial charge in [0.05, 0.1) is 19.9 Å². The minimum atomic E-state index is -0.517. The number of nitrogens with one attached hydrogen (secondary N) is 2. The van der Waals surface area contributed by atoms with Crippen molar-refractivity contribution < 1.29 is 23.5 Å². The highest BCUT2D eigenvalue weighted by Crippen LogP contribution is 2.28. The van der Waals surface area contributed by atoms with Gasteiger partial charge in [-0.2, -0.15) is 5.10 Å². The Balaban J connectivity index is 1.49. The Bertz CT molecular complexity index is 1140. The van der Waals surface area contributed by atoms with E-state index >= 15 is 0 Å². The summed E-state index contributed by atoms with van der Waals surface area (Å²) in [6.45, 7) is 0.0645. The highest BCUT2D eigenvalue weighted by Gasteiger charge is 2.08. The first-order valence-corrected chi connectivity index (χ1v) is 10.2. The zero-order valence-corrected chi connectivity index (χ0v) is 18.4. The lowest BCUT2D eigenvalue weighted by Crippen LogP contribution is -2.34. The van der Waals surface area contributed by atoms with Crippen LogP contribution < -0.4 is 20.2 Å². The first-order valence-electron chi connectivity index (χ1n) is 9.85. The van der Waals surface area contributed by atoms with Crippen molar-refractivity contribution in [1.82, 2.24) is 10.7 Å². The fourth-order valence-corrected chi connectivity index (χ4v) is 2.83.